The van der Waals surface area contributed by atoms with Crippen LogP contribution in [0.2, 0.25) is 0 Å². The maximum Gasteiger partial charge on any atom is 0.0367 e. The summed E-state index contributed by atoms with van der Waals surface area (Å²) >= 11 is 0. The van der Waals surface area contributed by atoms with Gasteiger partial charge in [0.1, 0.15) is 0 Å². The van der Waals surface area contributed by atoms with Crippen molar-refractivity contribution in [2.45, 2.75) is 38.6 Å². The molecule has 0 aliphatic carbocycles. The van der Waals surface area contributed by atoms with Crippen molar-refractivity contribution < 1.29 is 0 Å². The lowest BCUT2D eigenvalue weighted by Crippen LogP contribution is -2.38. The Bertz CT molecular complexity index is 401. The molecule has 0 saturated carbocycles. The Labute approximate surface area is 123 Å². The minimum atomic E-state index is 0.649. The fourth-order valence-corrected chi connectivity index (χ4v) is 3.37. The highest BCUT2D eigenvalue weighted by Crippen LogP contribution is 2.23. The van der Waals surface area contributed by atoms with Crippen LogP contribution in [0.25, 0.3) is 0 Å². The normalized spacial score (nSPS) is 21.4. The molecule has 0 atom stereocenters. The summed E-state index contributed by atoms with van der Waals surface area (Å²) in [7, 11) is 0. The van der Waals surface area contributed by atoms with E-state index in [1.807, 2.05) is 0 Å². The highest BCUT2D eigenvalue weighted by atomic mass is 15.1. The first kappa shape index (κ1) is 13.7. The van der Waals surface area contributed by atoms with E-state index in [1.165, 1.54) is 69.8 Å². The largest absolute Gasteiger partial charge is 0.382 e. The predicted octanol–water partition coefficient (Wildman–Crippen LogP) is 3.18. The molecule has 2 aliphatic rings. The second-order valence-corrected chi connectivity index (χ2v) is 6.09. The zero-order valence-corrected chi connectivity index (χ0v) is 12.6. The van der Waals surface area contributed by atoms with Crippen molar-refractivity contribution >= 4 is 11.4 Å². The lowest BCUT2D eigenvalue weighted by atomic mass is 10.0. The van der Waals surface area contributed by atoms with E-state index in [0.717, 1.165) is 0 Å². The van der Waals surface area contributed by atoms with Crippen LogP contribution < -0.4 is 10.2 Å². The lowest BCUT2D eigenvalue weighted by Gasteiger charge is -2.32. The van der Waals surface area contributed by atoms with Crippen LogP contribution in [0.4, 0.5) is 11.4 Å². The van der Waals surface area contributed by atoms with Gasteiger partial charge in [-0.3, -0.25) is 0 Å². The molecule has 0 unspecified atom stereocenters. The molecule has 0 bridgehead atoms. The number of hydrogen-bond acceptors (Lipinski definition) is 3. The highest BCUT2D eigenvalue weighted by molar-refractivity contribution is 5.55. The molecule has 2 fully saturated rings. The van der Waals surface area contributed by atoms with Crippen LogP contribution in [0.3, 0.4) is 0 Å². The first-order valence-electron chi connectivity index (χ1n) is 8.19. The molecule has 3 rings (SSSR count). The summed E-state index contributed by atoms with van der Waals surface area (Å²) in [5.74, 6) is 0. The number of benzene rings is 1. The van der Waals surface area contributed by atoms with Gasteiger partial charge >= 0.3 is 0 Å². The molecular weight excluding hydrogens is 246 g/mol. The molecule has 1 aromatic rings. The lowest BCUT2D eigenvalue weighted by molar-refractivity contribution is 0.229. The molecule has 1 aromatic carbocycles. The first-order chi connectivity index (χ1) is 9.85. The van der Waals surface area contributed by atoms with Gasteiger partial charge in [-0.05, 0) is 56.5 Å². The highest BCUT2D eigenvalue weighted by Gasteiger charge is 2.18. The van der Waals surface area contributed by atoms with Crippen molar-refractivity contribution in [1.29, 1.82) is 0 Å². The van der Waals surface area contributed by atoms with Crippen molar-refractivity contribution in [2.24, 2.45) is 0 Å². The van der Waals surface area contributed by atoms with Gasteiger partial charge in [0.2, 0.25) is 0 Å². The molecule has 2 saturated heterocycles. The quantitative estimate of drug-likeness (QED) is 0.909. The molecule has 3 nitrogen and oxygen atoms in total. The molecular formula is C17H27N3. The summed E-state index contributed by atoms with van der Waals surface area (Å²) in [4.78, 5) is 5.03. The second kappa shape index (κ2) is 6.49. The third-order valence-electron chi connectivity index (χ3n) is 4.74. The molecule has 2 heterocycles. The third kappa shape index (κ3) is 3.26. The number of hydrogen-bond donors (Lipinski definition) is 1. The van der Waals surface area contributed by atoms with Crippen molar-refractivity contribution in [3.63, 3.8) is 0 Å². The summed E-state index contributed by atoms with van der Waals surface area (Å²) in [5, 5.41) is 3.70. The van der Waals surface area contributed by atoms with E-state index >= 15 is 0 Å². The molecule has 0 aromatic heterocycles. The predicted molar refractivity (Wildman–Crippen MR) is 86.6 cm³/mol. The van der Waals surface area contributed by atoms with Gasteiger partial charge in [-0.1, -0.05) is 6.92 Å². The third-order valence-corrected chi connectivity index (χ3v) is 4.74. The average molecular weight is 273 g/mol. The van der Waals surface area contributed by atoms with Crippen LogP contribution in [0.5, 0.6) is 0 Å². The monoisotopic (exact) mass is 273 g/mol. The fraction of sp³-hybridized carbons (Fsp3) is 0.647. The summed E-state index contributed by atoms with van der Waals surface area (Å²) in [6.45, 7) is 8.37. The number of piperidine rings is 1. The van der Waals surface area contributed by atoms with E-state index < -0.39 is 0 Å². The van der Waals surface area contributed by atoms with Crippen molar-refractivity contribution in [3.05, 3.63) is 24.3 Å². The molecule has 0 amide bonds. The smallest absolute Gasteiger partial charge is 0.0367 e. The van der Waals surface area contributed by atoms with Crippen LogP contribution in [0, 0.1) is 0 Å². The summed E-state index contributed by atoms with van der Waals surface area (Å²) in [5.41, 5.74) is 2.66. The van der Waals surface area contributed by atoms with Crippen molar-refractivity contribution in [1.82, 2.24) is 4.90 Å². The maximum absolute atomic E-state index is 3.70. The van der Waals surface area contributed by atoms with Crippen LogP contribution in [0.15, 0.2) is 24.3 Å². The summed E-state index contributed by atoms with van der Waals surface area (Å²) < 4.78 is 0. The van der Waals surface area contributed by atoms with Gasteiger partial charge in [0.05, 0.1) is 0 Å². The van der Waals surface area contributed by atoms with Crippen LogP contribution in [0.1, 0.15) is 32.6 Å². The van der Waals surface area contributed by atoms with Gasteiger partial charge in [-0.15, -0.1) is 0 Å². The van der Waals surface area contributed by atoms with Gasteiger partial charge in [-0.2, -0.15) is 0 Å². The fourth-order valence-electron chi connectivity index (χ4n) is 3.37. The molecule has 3 heteroatoms. The minimum Gasteiger partial charge on any atom is -0.382 e. The SMILES string of the molecule is CCN1CCC(Nc2ccc(N3CCCC3)cc2)CC1. The average Bonchev–Trinajstić information content (AvgIpc) is 3.03. The molecule has 0 spiro atoms. The van der Waals surface area contributed by atoms with Gasteiger partial charge in [-0.25, -0.2) is 0 Å². The van der Waals surface area contributed by atoms with E-state index in [4.69, 9.17) is 0 Å². The minimum absolute atomic E-state index is 0.649. The zero-order chi connectivity index (χ0) is 13.8. The molecule has 110 valence electrons. The Morgan fingerprint density at radius 1 is 1.00 bits per heavy atom. The Balaban J connectivity index is 1.53. The van der Waals surface area contributed by atoms with Gasteiger partial charge in [0, 0.05) is 43.6 Å². The van der Waals surface area contributed by atoms with Crippen LogP contribution in [-0.4, -0.2) is 43.7 Å². The van der Waals surface area contributed by atoms with E-state index in [0.29, 0.717) is 6.04 Å². The van der Waals surface area contributed by atoms with Crippen molar-refractivity contribution in [2.75, 3.05) is 42.9 Å². The van der Waals surface area contributed by atoms with Gasteiger partial charge in [0.25, 0.3) is 0 Å². The zero-order valence-electron chi connectivity index (χ0n) is 12.6. The summed E-state index contributed by atoms with van der Waals surface area (Å²) in [6, 6.07) is 9.69. The van der Waals surface area contributed by atoms with E-state index in [9.17, 15) is 0 Å². The first-order valence-corrected chi connectivity index (χ1v) is 8.19. The maximum atomic E-state index is 3.70. The molecule has 1 N–H and O–H groups in total. The van der Waals surface area contributed by atoms with E-state index in [1.54, 1.807) is 0 Å². The molecule has 0 radical (unpaired) electrons. The summed E-state index contributed by atoms with van der Waals surface area (Å²) in [6.07, 6.45) is 5.22. The van der Waals surface area contributed by atoms with E-state index in [2.05, 4.69) is 46.3 Å². The topological polar surface area (TPSA) is 18.5 Å². The number of rotatable bonds is 4. The Morgan fingerprint density at radius 3 is 2.25 bits per heavy atom. The second-order valence-electron chi connectivity index (χ2n) is 6.09. The standard InChI is InChI=1S/C17H27N3/c1-2-19-13-9-16(10-14-19)18-15-5-7-17(8-6-15)20-11-3-4-12-20/h5-8,16,18H,2-4,9-14H2,1H3. The number of nitrogens with zero attached hydrogens (tertiary/aromatic N) is 2. The van der Waals surface area contributed by atoms with Crippen molar-refractivity contribution in [3.8, 4) is 0 Å². The number of likely N-dealkylation sites (tertiary alicyclic amines) is 1. The Kier molecular flexibility index (Phi) is 4.46. The van der Waals surface area contributed by atoms with Gasteiger partial charge < -0.3 is 15.1 Å². The Hall–Kier alpha value is -1.22. The number of nitrogens with one attached hydrogen (secondary N) is 1. The molecule has 2 aliphatic heterocycles. The van der Waals surface area contributed by atoms with E-state index in [-0.39, 0.29) is 0 Å². The number of anilines is 2. The van der Waals surface area contributed by atoms with Gasteiger partial charge in [0.15, 0.2) is 0 Å². The Morgan fingerprint density at radius 2 is 1.65 bits per heavy atom. The van der Waals surface area contributed by atoms with Crippen LogP contribution in [-0.2, 0) is 0 Å². The van der Waals surface area contributed by atoms with Crippen LogP contribution >= 0.6 is 0 Å². The molecule has 20 heavy (non-hydrogen) atoms.